The molecule has 1 aromatic carbocycles. The lowest BCUT2D eigenvalue weighted by atomic mass is 9.85. The summed E-state index contributed by atoms with van der Waals surface area (Å²) in [5, 5.41) is 1.26. The molecule has 3 amide bonds. The van der Waals surface area contributed by atoms with E-state index in [0.29, 0.717) is 31.9 Å². The third-order valence-corrected chi connectivity index (χ3v) is 13.9. The van der Waals surface area contributed by atoms with Crippen LogP contribution in [0.4, 0.5) is 0 Å². The number of fused-ring (bicyclic) bond motifs is 1. The number of benzene rings is 1. The summed E-state index contributed by atoms with van der Waals surface area (Å²) in [6.07, 6.45) is 7.38. The third-order valence-electron chi connectivity index (χ3n) is 11.9. The zero-order valence-electron chi connectivity index (χ0n) is 34.5. The van der Waals surface area contributed by atoms with Gasteiger partial charge in [0.25, 0.3) is 11.8 Å². The van der Waals surface area contributed by atoms with E-state index in [-0.39, 0.29) is 55.2 Å². The lowest BCUT2D eigenvalue weighted by molar-refractivity contribution is -0.276. The number of likely N-dealkylation sites (tertiary alicyclic amines) is 1. The Morgan fingerprint density at radius 2 is 1.73 bits per heavy atom. The smallest absolute Gasteiger partial charge is 0.340 e. The molecular formula is C42H67N4O9P. The number of hydroxylamine groups is 2. The van der Waals surface area contributed by atoms with Crippen LogP contribution in [0.25, 0.3) is 0 Å². The van der Waals surface area contributed by atoms with Crippen molar-refractivity contribution in [2.45, 2.75) is 136 Å². The van der Waals surface area contributed by atoms with Crippen molar-refractivity contribution in [3.8, 4) is 0 Å². The molecule has 1 aliphatic carbocycles. The second kappa shape index (κ2) is 19.6. The molecular weight excluding hydrogens is 735 g/mol. The number of rotatable bonds is 19. The van der Waals surface area contributed by atoms with Crippen LogP contribution >= 0.6 is 7.60 Å². The van der Waals surface area contributed by atoms with Crippen molar-refractivity contribution in [2.75, 3.05) is 58.8 Å². The minimum absolute atomic E-state index is 0.0708. The number of hydrogen-bond acceptors (Lipinski definition) is 10. The second-order valence-corrected chi connectivity index (χ2v) is 19.6. The molecule has 314 valence electrons. The van der Waals surface area contributed by atoms with Gasteiger partial charge in [0.05, 0.1) is 19.8 Å². The van der Waals surface area contributed by atoms with Gasteiger partial charge in [-0.3, -0.25) is 23.8 Å². The average molecular weight is 803 g/mol. The molecule has 0 bridgehead atoms. The van der Waals surface area contributed by atoms with Crippen molar-refractivity contribution >= 4 is 25.3 Å². The molecule has 1 aromatic rings. The molecule has 7 atom stereocenters. The Labute approximate surface area is 334 Å². The van der Waals surface area contributed by atoms with E-state index in [9.17, 15) is 18.9 Å². The van der Waals surface area contributed by atoms with Crippen LogP contribution in [0, 0.1) is 17.3 Å². The first kappa shape index (κ1) is 43.2. The first-order chi connectivity index (χ1) is 26.9. The van der Waals surface area contributed by atoms with Gasteiger partial charge in [-0.2, -0.15) is 5.06 Å². The van der Waals surface area contributed by atoms with E-state index in [1.54, 1.807) is 18.7 Å². The van der Waals surface area contributed by atoms with Gasteiger partial charge in [-0.25, -0.2) is 0 Å². The first-order valence-corrected chi connectivity index (χ1v) is 23.1. The Morgan fingerprint density at radius 1 is 0.964 bits per heavy atom. The van der Waals surface area contributed by atoms with Gasteiger partial charge < -0.3 is 33.2 Å². The molecule has 0 spiro atoms. The SMILES string of the molecule is CCOP(=O)(CC(=O)N1O[C@H](C[C@H]2C[C@@H]2CCc2ccccc2)C(=O)N2[C@@H](CC(C)(C)C)C(=O)N([C@@H]3CCN(CCCCOC4CCCCO4)C3)C[C@@H]12)OCC. The Hall–Kier alpha value is -2.38. The maximum atomic E-state index is 14.7. The summed E-state index contributed by atoms with van der Waals surface area (Å²) in [7, 11) is -3.79. The van der Waals surface area contributed by atoms with Crippen LogP contribution in [0.5, 0.6) is 0 Å². The van der Waals surface area contributed by atoms with Crippen molar-refractivity contribution in [3.63, 3.8) is 0 Å². The third kappa shape index (κ3) is 11.4. The van der Waals surface area contributed by atoms with E-state index in [2.05, 4.69) is 49.9 Å². The molecule has 0 radical (unpaired) electrons. The van der Waals surface area contributed by atoms with Gasteiger partial charge in [-0.1, -0.05) is 51.1 Å². The fourth-order valence-corrected chi connectivity index (χ4v) is 10.5. The van der Waals surface area contributed by atoms with Crippen LogP contribution in [0.2, 0.25) is 0 Å². The van der Waals surface area contributed by atoms with E-state index in [0.717, 1.165) is 77.5 Å². The molecule has 1 unspecified atom stereocenters. The minimum atomic E-state index is -3.79. The molecule has 56 heavy (non-hydrogen) atoms. The summed E-state index contributed by atoms with van der Waals surface area (Å²) in [4.78, 5) is 56.0. The summed E-state index contributed by atoms with van der Waals surface area (Å²) in [6, 6.07) is 9.56. The molecule has 5 aliphatic rings. The number of piperazine rings is 1. The quantitative estimate of drug-likeness (QED) is 0.117. The Morgan fingerprint density at radius 3 is 2.43 bits per heavy atom. The molecule has 13 nitrogen and oxygen atoms in total. The van der Waals surface area contributed by atoms with Gasteiger partial charge >= 0.3 is 7.60 Å². The predicted octanol–water partition coefficient (Wildman–Crippen LogP) is 6.25. The molecule has 0 aromatic heterocycles. The molecule has 0 N–H and O–H groups in total. The summed E-state index contributed by atoms with van der Waals surface area (Å²) < 4.78 is 36.4. The summed E-state index contributed by atoms with van der Waals surface area (Å²) in [5.41, 5.74) is 1.000. The number of hydrogen-bond donors (Lipinski definition) is 0. The van der Waals surface area contributed by atoms with Gasteiger partial charge in [-0.05, 0) is 114 Å². The normalized spacial score (nSPS) is 28.9. The highest BCUT2D eigenvalue weighted by molar-refractivity contribution is 7.54. The molecule has 6 rings (SSSR count). The fraction of sp³-hybridized carbons (Fsp3) is 0.786. The van der Waals surface area contributed by atoms with Crippen LogP contribution in [0.3, 0.4) is 0 Å². The van der Waals surface area contributed by atoms with E-state index < -0.39 is 38.0 Å². The van der Waals surface area contributed by atoms with Crippen molar-refractivity contribution < 1.29 is 42.3 Å². The highest BCUT2D eigenvalue weighted by Gasteiger charge is 2.56. The lowest BCUT2D eigenvalue weighted by Gasteiger charge is -2.54. The Balaban J connectivity index is 1.17. The fourth-order valence-electron chi connectivity index (χ4n) is 8.99. The van der Waals surface area contributed by atoms with Crippen LogP contribution in [0.15, 0.2) is 30.3 Å². The number of carbonyl (C=O) groups is 3. The number of carbonyl (C=O) groups excluding carboxylic acids is 3. The summed E-state index contributed by atoms with van der Waals surface area (Å²) in [5.74, 6) is -0.170. The monoisotopic (exact) mass is 802 g/mol. The van der Waals surface area contributed by atoms with Crippen molar-refractivity contribution in [3.05, 3.63) is 35.9 Å². The van der Waals surface area contributed by atoms with Crippen molar-refractivity contribution in [2.24, 2.45) is 17.3 Å². The molecule has 4 aliphatic heterocycles. The van der Waals surface area contributed by atoms with Crippen LogP contribution in [-0.2, 0) is 48.7 Å². The number of nitrogens with zero attached hydrogens (tertiary/aromatic N) is 4. The molecule has 4 saturated heterocycles. The summed E-state index contributed by atoms with van der Waals surface area (Å²) >= 11 is 0. The first-order valence-electron chi connectivity index (χ1n) is 21.4. The highest BCUT2D eigenvalue weighted by Crippen LogP contribution is 2.50. The van der Waals surface area contributed by atoms with Gasteiger partial charge in [0.2, 0.25) is 5.91 Å². The molecule has 5 fully saturated rings. The maximum absolute atomic E-state index is 14.7. The topological polar surface area (TPSA) is 127 Å². The second-order valence-electron chi connectivity index (χ2n) is 17.5. The van der Waals surface area contributed by atoms with Gasteiger partial charge in [0, 0.05) is 32.3 Å². The standard InChI is InChI=1S/C42H67N4O9P/c1-6-53-56(50,54-7-2)30-38(47)46-37-29-44(34-20-22-43(28-34)21-12-14-24-52-39-17-11-13-23-51-39)40(48)35(27-42(3,4)5)45(37)41(49)36(55-46)26-33-25-32(33)19-18-31-15-9-8-10-16-31/h8-10,15-16,32-37,39H,6-7,11-14,17-30H2,1-5H3/t32-,33+,34+,35-,36+,37+,39?/m0/s1. The maximum Gasteiger partial charge on any atom is 0.340 e. The van der Waals surface area contributed by atoms with Crippen molar-refractivity contribution in [1.29, 1.82) is 0 Å². The van der Waals surface area contributed by atoms with Crippen molar-refractivity contribution in [1.82, 2.24) is 19.8 Å². The van der Waals surface area contributed by atoms with Gasteiger partial charge in [-0.15, -0.1) is 0 Å². The van der Waals surface area contributed by atoms with E-state index in [1.165, 1.54) is 10.6 Å². The predicted molar refractivity (Wildman–Crippen MR) is 212 cm³/mol. The lowest BCUT2D eigenvalue weighted by Crippen LogP contribution is -2.75. The zero-order chi connectivity index (χ0) is 39.9. The number of unbranched alkanes of at least 4 members (excludes halogenated alkanes) is 1. The van der Waals surface area contributed by atoms with Crippen LogP contribution in [0.1, 0.15) is 104 Å². The van der Waals surface area contributed by atoms with Gasteiger partial charge in [0.15, 0.2) is 18.6 Å². The molecule has 4 heterocycles. The van der Waals surface area contributed by atoms with Gasteiger partial charge in [0.1, 0.15) is 12.2 Å². The number of aryl methyl sites for hydroxylation is 1. The zero-order valence-corrected chi connectivity index (χ0v) is 35.4. The molecule has 1 saturated carbocycles. The Kier molecular flexibility index (Phi) is 15.1. The highest BCUT2D eigenvalue weighted by atomic mass is 31.2. The minimum Gasteiger partial charge on any atom is -0.353 e. The molecule has 14 heteroatoms. The van der Waals surface area contributed by atoms with Crippen LogP contribution in [-0.4, -0.2) is 127 Å². The summed E-state index contributed by atoms with van der Waals surface area (Å²) in [6.45, 7) is 13.9. The largest absolute Gasteiger partial charge is 0.353 e. The van der Waals surface area contributed by atoms with E-state index >= 15 is 0 Å². The number of amides is 3. The van der Waals surface area contributed by atoms with E-state index in [1.807, 2.05) is 11.0 Å². The Bertz CT molecular complexity index is 1490. The number of ether oxygens (including phenoxy) is 2. The average Bonchev–Trinajstić information content (AvgIpc) is 3.74. The van der Waals surface area contributed by atoms with Crippen LogP contribution < -0.4 is 0 Å². The van der Waals surface area contributed by atoms with E-state index in [4.69, 9.17) is 23.4 Å².